The van der Waals surface area contributed by atoms with Crippen molar-refractivity contribution in [3.05, 3.63) is 23.8 Å². The molecule has 0 aromatic carbocycles. The molecule has 2 heterocycles. The van der Waals surface area contributed by atoms with Crippen molar-refractivity contribution in [2.24, 2.45) is 0 Å². The van der Waals surface area contributed by atoms with E-state index in [1.807, 2.05) is 27.7 Å². The number of aromatic nitrogens is 2. The van der Waals surface area contributed by atoms with Gasteiger partial charge < -0.3 is 4.74 Å². The summed E-state index contributed by atoms with van der Waals surface area (Å²) in [5, 5.41) is 0. The highest BCUT2D eigenvalue weighted by Gasteiger charge is 2.25. The molecular weight excluding hydrogens is 312 g/mol. The third-order valence-corrected chi connectivity index (χ3v) is 5.41. The first-order valence-electron chi connectivity index (χ1n) is 8.13. The van der Waals surface area contributed by atoms with Crippen LogP contribution in [0.15, 0.2) is 12.4 Å². The van der Waals surface area contributed by atoms with Crippen molar-refractivity contribution in [2.45, 2.75) is 44.9 Å². The Bertz CT molecular complexity index is 510. The summed E-state index contributed by atoms with van der Waals surface area (Å²) in [5.74, 6) is 0. The Morgan fingerprint density at radius 2 is 2.00 bits per heavy atom. The van der Waals surface area contributed by atoms with Crippen LogP contribution in [0, 0.1) is 6.92 Å². The van der Waals surface area contributed by atoms with Crippen LogP contribution in [0.5, 0.6) is 0 Å². The molecule has 6 nitrogen and oxygen atoms in total. The van der Waals surface area contributed by atoms with E-state index in [0.717, 1.165) is 50.7 Å². The summed E-state index contributed by atoms with van der Waals surface area (Å²) in [5.41, 5.74) is 1.74. The van der Waals surface area contributed by atoms with Crippen LogP contribution in [0.4, 0.5) is 0 Å². The standard InChI is InChI=1S/C16H28N4O2S/c1-13-11-18-15(12-17-13)14(19-23(21)16(2,3)4)5-6-20-7-9-22-10-8-20/h11-12,14,19H,5-10H2,1-4H3/t14?,23-/m0/s1. The number of ether oxygens (including phenoxy) is 1. The Labute approximate surface area is 141 Å². The average Bonchev–Trinajstić information content (AvgIpc) is 2.52. The van der Waals surface area contributed by atoms with E-state index in [9.17, 15) is 4.21 Å². The molecule has 1 aliphatic heterocycles. The molecule has 0 saturated carbocycles. The van der Waals surface area contributed by atoms with Crippen molar-refractivity contribution in [1.82, 2.24) is 19.6 Å². The molecule has 2 rings (SSSR count). The summed E-state index contributed by atoms with van der Waals surface area (Å²) in [6, 6.07) is -0.0639. The third-order valence-electron chi connectivity index (χ3n) is 3.80. The van der Waals surface area contributed by atoms with E-state index in [2.05, 4.69) is 19.6 Å². The minimum atomic E-state index is -1.14. The lowest BCUT2D eigenvalue weighted by Gasteiger charge is -2.29. The molecular formula is C16H28N4O2S. The summed E-state index contributed by atoms with van der Waals surface area (Å²) >= 11 is 0. The van der Waals surface area contributed by atoms with Gasteiger partial charge in [-0.2, -0.15) is 0 Å². The van der Waals surface area contributed by atoms with Gasteiger partial charge >= 0.3 is 0 Å². The van der Waals surface area contributed by atoms with Crippen LogP contribution in [0.2, 0.25) is 0 Å². The van der Waals surface area contributed by atoms with Crippen LogP contribution in [0.25, 0.3) is 0 Å². The normalized spacial score (nSPS) is 19.5. The highest BCUT2D eigenvalue weighted by Crippen LogP contribution is 2.19. The second-order valence-electron chi connectivity index (χ2n) is 6.88. The van der Waals surface area contributed by atoms with E-state index in [0.29, 0.717) is 0 Å². The van der Waals surface area contributed by atoms with Gasteiger partial charge in [0, 0.05) is 25.8 Å². The van der Waals surface area contributed by atoms with Crippen LogP contribution in [-0.4, -0.2) is 56.7 Å². The van der Waals surface area contributed by atoms with Gasteiger partial charge in [0.25, 0.3) is 0 Å². The molecule has 1 aromatic heterocycles. The number of rotatable bonds is 6. The van der Waals surface area contributed by atoms with Gasteiger partial charge in [0.2, 0.25) is 0 Å². The predicted octanol–water partition coefficient (Wildman–Crippen LogP) is 1.60. The fourth-order valence-corrected chi connectivity index (χ4v) is 3.14. The predicted molar refractivity (Wildman–Crippen MR) is 92.4 cm³/mol. The molecule has 0 aliphatic carbocycles. The first-order chi connectivity index (χ1) is 10.9. The molecule has 1 aliphatic rings. The van der Waals surface area contributed by atoms with E-state index in [1.165, 1.54) is 0 Å². The fourth-order valence-electron chi connectivity index (χ4n) is 2.29. The Hall–Kier alpha value is -0.890. The minimum Gasteiger partial charge on any atom is -0.379 e. The summed E-state index contributed by atoms with van der Waals surface area (Å²) in [7, 11) is -1.14. The first-order valence-corrected chi connectivity index (χ1v) is 9.28. The lowest BCUT2D eigenvalue weighted by molar-refractivity contribution is 0.0364. The molecule has 1 aromatic rings. The van der Waals surface area contributed by atoms with Gasteiger partial charge in [0.15, 0.2) is 0 Å². The van der Waals surface area contributed by atoms with Crippen LogP contribution >= 0.6 is 0 Å². The molecule has 130 valence electrons. The molecule has 1 unspecified atom stereocenters. The zero-order chi connectivity index (χ0) is 16.9. The van der Waals surface area contributed by atoms with Gasteiger partial charge in [-0.1, -0.05) is 0 Å². The van der Waals surface area contributed by atoms with Gasteiger partial charge in [0.1, 0.15) is 0 Å². The molecule has 2 atom stereocenters. The number of morpholine rings is 1. The van der Waals surface area contributed by atoms with Crippen molar-refractivity contribution < 1.29 is 8.95 Å². The van der Waals surface area contributed by atoms with E-state index >= 15 is 0 Å². The smallest absolute Gasteiger partial charge is 0.0976 e. The maximum atomic E-state index is 12.5. The van der Waals surface area contributed by atoms with Crippen LogP contribution in [0.1, 0.15) is 44.6 Å². The highest BCUT2D eigenvalue weighted by molar-refractivity contribution is 7.84. The lowest BCUT2D eigenvalue weighted by atomic mass is 10.1. The fraction of sp³-hybridized carbons (Fsp3) is 0.750. The summed E-state index contributed by atoms with van der Waals surface area (Å²) < 4.78 is 20.8. The third kappa shape index (κ3) is 5.91. The van der Waals surface area contributed by atoms with E-state index in [-0.39, 0.29) is 10.8 Å². The Kier molecular flexibility index (Phi) is 6.64. The second kappa shape index (κ2) is 8.28. The Morgan fingerprint density at radius 1 is 1.30 bits per heavy atom. The van der Waals surface area contributed by atoms with Gasteiger partial charge in [-0.3, -0.25) is 14.9 Å². The first kappa shape index (κ1) is 18.4. The van der Waals surface area contributed by atoms with Crippen molar-refractivity contribution in [3.63, 3.8) is 0 Å². The van der Waals surface area contributed by atoms with Gasteiger partial charge in [-0.25, -0.2) is 8.93 Å². The quantitative estimate of drug-likeness (QED) is 0.852. The highest BCUT2D eigenvalue weighted by atomic mass is 32.2. The molecule has 7 heteroatoms. The van der Waals surface area contributed by atoms with Gasteiger partial charge in [-0.05, 0) is 34.1 Å². The topological polar surface area (TPSA) is 67.3 Å². The van der Waals surface area contributed by atoms with Gasteiger partial charge in [0.05, 0.1) is 52.6 Å². The monoisotopic (exact) mass is 340 g/mol. The molecule has 23 heavy (non-hydrogen) atoms. The summed E-state index contributed by atoms with van der Waals surface area (Å²) in [4.78, 5) is 11.2. The molecule has 0 amide bonds. The number of hydrogen-bond donors (Lipinski definition) is 1. The molecule has 1 fully saturated rings. The maximum absolute atomic E-state index is 12.5. The molecule has 1 saturated heterocycles. The molecule has 0 radical (unpaired) electrons. The number of nitrogens with one attached hydrogen (secondary N) is 1. The van der Waals surface area contributed by atoms with E-state index < -0.39 is 11.0 Å². The van der Waals surface area contributed by atoms with Crippen LogP contribution < -0.4 is 4.72 Å². The van der Waals surface area contributed by atoms with Crippen LogP contribution in [-0.2, 0) is 15.7 Å². The largest absolute Gasteiger partial charge is 0.379 e. The Morgan fingerprint density at radius 3 is 2.57 bits per heavy atom. The average molecular weight is 340 g/mol. The number of hydrogen-bond acceptors (Lipinski definition) is 5. The van der Waals surface area contributed by atoms with Crippen molar-refractivity contribution in [3.8, 4) is 0 Å². The number of aryl methyl sites for hydroxylation is 1. The van der Waals surface area contributed by atoms with Crippen molar-refractivity contribution in [2.75, 3.05) is 32.8 Å². The molecule has 0 bridgehead atoms. The van der Waals surface area contributed by atoms with E-state index in [1.54, 1.807) is 12.4 Å². The van der Waals surface area contributed by atoms with Crippen molar-refractivity contribution >= 4 is 11.0 Å². The lowest BCUT2D eigenvalue weighted by Crippen LogP contribution is -2.40. The maximum Gasteiger partial charge on any atom is 0.0976 e. The van der Waals surface area contributed by atoms with Gasteiger partial charge in [-0.15, -0.1) is 0 Å². The molecule has 1 N–H and O–H groups in total. The zero-order valence-electron chi connectivity index (χ0n) is 14.5. The Balaban J connectivity index is 2.04. The van der Waals surface area contributed by atoms with Crippen LogP contribution in [0.3, 0.4) is 0 Å². The zero-order valence-corrected chi connectivity index (χ0v) is 15.4. The summed E-state index contributed by atoms with van der Waals surface area (Å²) in [6.45, 7) is 12.2. The summed E-state index contributed by atoms with van der Waals surface area (Å²) in [6.07, 6.45) is 4.39. The number of nitrogens with zero attached hydrogens (tertiary/aromatic N) is 3. The molecule has 0 spiro atoms. The second-order valence-corrected chi connectivity index (χ2v) is 8.87. The van der Waals surface area contributed by atoms with E-state index in [4.69, 9.17) is 4.74 Å². The SMILES string of the molecule is Cc1cnc(C(CCN2CCOCC2)N[S@@](=O)C(C)(C)C)cn1. The minimum absolute atomic E-state index is 0.0639. The van der Waals surface area contributed by atoms with Crippen molar-refractivity contribution in [1.29, 1.82) is 0 Å².